The summed E-state index contributed by atoms with van der Waals surface area (Å²) in [5.41, 5.74) is -1.23. The molecule has 4 heterocycles. The quantitative estimate of drug-likeness (QED) is 0.179. The van der Waals surface area contributed by atoms with Crippen LogP contribution in [0.15, 0.2) is 54.9 Å². The van der Waals surface area contributed by atoms with Gasteiger partial charge in [0.05, 0.1) is 11.1 Å². The Balaban J connectivity index is 0.988. The van der Waals surface area contributed by atoms with E-state index in [0.29, 0.717) is 57.4 Å². The molecule has 0 bridgehead atoms. The van der Waals surface area contributed by atoms with Crippen molar-refractivity contribution in [3.8, 4) is 11.1 Å². The maximum Gasteiger partial charge on any atom is 0.416 e. The van der Waals surface area contributed by atoms with Crippen molar-refractivity contribution in [1.29, 1.82) is 0 Å². The van der Waals surface area contributed by atoms with Gasteiger partial charge in [-0.05, 0) is 96.9 Å². The van der Waals surface area contributed by atoms with E-state index >= 15 is 0 Å². The van der Waals surface area contributed by atoms with Crippen molar-refractivity contribution in [2.24, 2.45) is 23.7 Å². The monoisotopic (exact) mass is 766 g/mol. The minimum Gasteiger partial charge on any atom is -0.476 e. The second-order valence-corrected chi connectivity index (χ2v) is 15.3. The van der Waals surface area contributed by atoms with Crippen molar-refractivity contribution in [2.75, 3.05) is 36.0 Å². The third-order valence-electron chi connectivity index (χ3n) is 12.0. The van der Waals surface area contributed by atoms with Crippen molar-refractivity contribution in [1.82, 2.24) is 19.9 Å². The lowest BCUT2D eigenvalue weighted by molar-refractivity contribution is -0.139. The molecule has 4 fully saturated rings. The Hall–Kier alpha value is -5.28. The molecule has 4 aliphatic rings. The molecule has 55 heavy (non-hydrogen) atoms. The minimum absolute atomic E-state index is 0.0135. The summed E-state index contributed by atoms with van der Waals surface area (Å²) in [6, 6.07) is 9.47. The molecule has 4 aromatic rings. The van der Waals surface area contributed by atoms with E-state index in [0.717, 1.165) is 12.1 Å². The fourth-order valence-electron chi connectivity index (χ4n) is 9.57. The second kappa shape index (κ2) is 13.5. The molecule has 0 amide bonds. The third kappa shape index (κ3) is 6.84. The predicted octanol–water partition coefficient (Wildman–Crippen LogP) is 7.94. The molecule has 0 spiro atoms. The van der Waals surface area contributed by atoms with Crippen LogP contribution in [0.1, 0.15) is 86.3 Å². The van der Waals surface area contributed by atoms with Crippen LogP contribution in [-0.2, 0) is 12.4 Å². The third-order valence-corrected chi connectivity index (χ3v) is 12.0. The zero-order valence-electron chi connectivity index (χ0n) is 29.5. The number of carboxylic acid groups (broad SMARTS) is 2. The van der Waals surface area contributed by atoms with E-state index in [9.17, 15) is 46.1 Å². The summed E-state index contributed by atoms with van der Waals surface area (Å²) in [6.45, 7) is 3.42. The SMILES string of the molecule is Cc1cnc(N2C[C@H]3CC(c4ccc(-c5cnc(N6C[C@H]7CC(c8ccccc8C(F)(F)F)C[C@H]7C6)nc5C(=O)O)cc4C(F)(F)F)C[C@H]3C2)nc1C(=O)O. The molecular weight excluding hydrogens is 730 g/mol. The second-order valence-electron chi connectivity index (χ2n) is 15.3. The number of alkyl halides is 6. The van der Waals surface area contributed by atoms with Gasteiger partial charge in [0.1, 0.15) is 0 Å². The molecule has 2 saturated carbocycles. The summed E-state index contributed by atoms with van der Waals surface area (Å²) in [5.74, 6) is -2.67. The van der Waals surface area contributed by atoms with Gasteiger partial charge in [-0.1, -0.05) is 30.3 Å². The van der Waals surface area contributed by atoms with Crippen molar-refractivity contribution in [3.63, 3.8) is 0 Å². The number of benzene rings is 2. The molecule has 10 nitrogen and oxygen atoms in total. The first kappa shape index (κ1) is 36.7. The number of halogens is 6. The zero-order chi connectivity index (χ0) is 39.0. The van der Waals surface area contributed by atoms with Crippen LogP contribution >= 0.6 is 0 Å². The Labute approximate surface area is 311 Å². The van der Waals surface area contributed by atoms with Crippen LogP contribution in [0.2, 0.25) is 0 Å². The largest absolute Gasteiger partial charge is 0.476 e. The van der Waals surface area contributed by atoms with E-state index in [1.54, 1.807) is 17.9 Å². The molecule has 16 heteroatoms. The van der Waals surface area contributed by atoms with Gasteiger partial charge in [-0.2, -0.15) is 26.3 Å². The highest BCUT2D eigenvalue weighted by atomic mass is 19.4. The maximum absolute atomic E-state index is 14.7. The van der Waals surface area contributed by atoms with Crippen LogP contribution < -0.4 is 9.80 Å². The lowest BCUT2D eigenvalue weighted by Crippen LogP contribution is -2.25. The Morgan fingerprint density at radius 2 is 1.13 bits per heavy atom. The summed E-state index contributed by atoms with van der Waals surface area (Å²) < 4.78 is 85.1. The van der Waals surface area contributed by atoms with Gasteiger partial charge in [-0.3, -0.25) is 0 Å². The van der Waals surface area contributed by atoms with Crippen molar-refractivity contribution >= 4 is 23.8 Å². The smallest absolute Gasteiger partial charge is 0.416 e. The van der Waals surface area contributed by atoms with Crippen molar-refractivity contribution in [2.45, 2.75) is 56.8 Å². The first-order valence-electron chi connectivity index (χ1n) is 18.1. The van der Waals surface area contributed by atoms with Crippen molar-refractivity contribution < 1.29 is 46.1 Å². The Bertz CT molecular complexity index is 2150. The molecule has 2 N–H and O–H groups in total. The summed E-state index contributed by atoms with van der Waals surface area (Å²) in [6.07, 6.45) is -4.49. The molecule has 8 rings (SSSR count). The van der Waals surface area contributed by atoms with Crippen LogP contribution in [0.3, 0.4) is 0 Å². The molecule has 6 atom stereocenters. The van der Waals surface area contributed by atoms with E-state index in [1.807, 2.05) is 4.90 Å². The number of anilines is 2. The predicted molar refractivity (Wildman–Crippen MR) is 187 cm³/mol. The first-order valence-corrected chi connectivity index (χ1v) is 18.1. The average Bonchev–Trinajstić information content (AvgIpc) is 3.91. The van der Waals surface area contributed by atoms with Gasteiger partial charge in [0.2, 0.25) is 11.9 Å². The van der Waals surface area contributed by atoms with E-state index in [4.69, 9.17) is 0 Å². The number of nitrogens with zero attached hydrogens (tertiary/aromatic N) is 6. The number of carboxylic acids is 2. The number of aryl methyl sites for hydroxylation is 1. The van der Waals surface area contributed by atoms with Crippen LogP contribution in [0.4, 0.5) is 38.2 Å². The highest BCUT2D eigenvalue weighted by Gasteiger charge is 2.46. The molecule has 2 aromatic carbocycles. The molecule has 2 aromatic heterocycles. The van der Waals surface area contributed by atoms with Crippen LogP contribution in [0, 0.1) is 30.6 Å². The van der Waals surface area contributed by atoms with Crippen LogP contribution in [0.25, 0.3) is 11.1 Å². The standard InChI is InChI=1S/C39H36F6N6O4/c1-19-13-46-36(48-32(19)34(52)53)50-15-25-10-22(11-26(25)16-50)28-7-6-20(12-31(28)39(43,44)45)29-14-47-37(49-33(29)35(54)55)51-17-23-8-21(9-24(23)18-51)27-4-2-3-5-30(27)38(40,41)42/h2-7,12-14,21-26H,8-11,15-18H2,1H3,(H,52,53)(H,54,55)/t21?,22?,23-,24+,25-,26+. The van der Waals surface area contributed by atoms with Crippen LogP contribution in [0.5, 0.6) is 0 Å². The summed E-state index contributed by atoms with van der Waals surface area (Å²) in [5, 5.41) is 19.6. The Morgan fingerprint density at radius 3 is 1.64 bits per heavy atom. The first-order chi connectivity index (χ1) is 26.0. The summed E-state index contributed by atoms with van der Waals surface area (Å²) in [7, 11) is 0. The number of rotatable bonds is 7. The number of fused-ring (bicyclic) bond motifs is 2. The Kier molecular flexibility index (Phi) is 8.99. The van der Waals surface area contributed by atoms with E-state index in [2.05, 4.69) is 19.9 Å². The van der Waals surface area contributed by atoms with E-state index in [1.165, 1.54) is 36.7 Å². The number of hydrogen-bond donors (Lipinski definition) is 2. The zero-order valence-corrected chi connectivity index (χ0v) is 29.5. The van der Waals surface area contributed by atoms with Gasteiger partial charge in [0.25, 0.3) is 0 Å². The van der Waals surface area contributed by atoms with Gasteiger partial charge >= 0.3 is 24.3 Å². The van der Waals surface area contributed by atoms with Crippen molar-refractivity contribution in [3.05, 3.63) is 94.1 Å². The highest BCUT2D eigenvalue weighted by molar-refractivity contribution is 5.94. The van der Waals surface area contributed by atoms with Gasteiger partial charge in [0.15, 0.2) is 11.4 Å². The fraction of sp³-hybridized carbons (Fsp3) is 0.436. The maximum atomic E-state index is 14.7. The molecule has 2 unspecified atom stereocenters. The molecular formula is C39H36F6N6O4. The topological polar surface area (TPSA) is 133 Å². The number of aromatic nitrogens is 4. The van der Waals surface area contributed by atoms with Gasteiger partial charge < -0.3 is 20.0 Å². The van der Waals surface area contributed by atoms with Crippen LogP contribution in [-0.4, -0.2) is 68.3 Å². The molecule has 2 aliphatic carbocycles. The molecule has 2 saturated heterocycles. The van der Waals surface area contributed by atoms with Gasteiger partial charge in [-0.15, -0.1) is 0 Å². The van der Waals surface area contributed by atoms with E-state index in [-0.39, 0.29) is 69.4 Å². The molecule has 0 radical (unpaired) electrons. The highest BCUT2D eigenvalue weighted by Crippen LogP contribution is 2.51. The molecule has 288 valence electrons. The van der Waals surface area contributed by atoms with Gasteiger partial charge in [0, 0.05) is 49.7 Å². The molecule has 2 aliphatic heterocycles. The number of hydrogen-bond acceptors (Lipinski definition) is 8. The minimum atomic E-state index is -4.73. The normalized spacial score (nSPS) is 25.0. The number of aromatic carboxylic acids is 2. The van der Waals surface area contributed by atoms with Gasteiger partial charge in [-0.25, -0.2) is 29.5 Å². The average molecular weight is 767 g/mol. The lowest BCUT2D eigenvalue weighted by atomic mass is 9.89. The van der Waals surface area contributed by atoms with E-state index < -0.39 is 47.0 Å². The number of carbonyl (C=O) groups is 2. The summed E-state index contributed by atoms with van der Waals surface area (Å²) >= 11 is 0. The Morgan fingerprint density at radius 1 is 0.655 bits per heavy atom. The summed E-state index contributed by atoms with van der Waals surface area (Å²) in [4.78, 5) is 44.9. The fourth-order valence-corrected chi connectivity index (χ4v) is 9.57. The lowest BCUT2D eigenvalue weighted by Gasteiger charge is -2.23.